The van der Waals surface area contributed by atoms with E-state index in [1.54, 1.807) is 0 Å². The normalized spacial score (nSPS) is 14.3. The first kappa shape index (κ1) is 96.1. The predicted octanol–water partition coefficient (Wildman–Crippen LogP) is 23.2. The number of hydrogen-bond acceptors (Lipinski definition) is 15. The van der Waals surface area contributed by atoms with E-state index in [-0.39, 0.29) is 25.7 Å². The van der Waals surface area contributed by atoms with Gasteiger partial charge in [0.05, 0.1) is 26.4 Å². The Bertz CT molecular complexity index is 1920. The van der Waals surface area contributed by atoms with Crippen molar-refractivity contribution in [2.45, 2.75) is 420 Å². The molecule has 6 atom stereocenters. The van der Waals surface area contributed by atoms with Crippen molar-refractivity contribution in [3.8, 4) is 0 Å². The maximum atomic E-state index is 13.1. The second kappa shape index (κ2) is 68.2. The van der Waals surface area contributed by atoms with Gasteiger partial charge in [-0.3, -0.25) is 37.3 Å². The van der Waals surface area contributed by atoms with Crippen molar-refractivity contribution in [1.82, 2.24) is 0 Å². The SMILES string of the molecule is CCC(C)CCCCCCCCC(=O)OC[C@H](COP(=O)(O)OC[C@H](O)COP(=O)(O)OC[C@@H](COC(=O)CCCCCCCCCCCCCC(C)C)OC(=O)CCCCCCCCCCCCCCCCCCCCC(C)C)OC(=O)CCCCCCCCCCCCC(C)C. The van der Waals surface area contributed by atoms with E-state index in [0.717, 1.165) is 120 Å². The molecule has 19 heteroatoms. The zero-order chi connectivity index (χ0) is 72.4. The van der Waals surface area contributed by atoms with Crippen LogP contribution in [0.5, 0.6) is 0 Å². The molecule has 17 nitrogen and oxygen atoms in total. The van der Waals surface area contributed by atoms with Crippen molar-refractivity contribution < 1.29 is 80.2 Å². The molecule has 0 saturated carbocycles. The number of aliphatic hydroxyl groups is 1. The fourth-order valence-electron chi connectivity index (χ4n) is 12.0. The lowest BCUT2D eigenvalue weighted by Gasteiger charge is -2.21. The van der Waals surface area contributed by atoms with E-state index in [1.807, 2.05) is 0 Å². The Morgan fingerprint density at radius 1 is 0.286 bits per heavy atom. The molecule has 0 rings (SSSR count). The molecule has 0 saturated heterocycles. The van der Waals surface area contributed by atoms with Crippen molar-refractivity contribution in [3.05, 3.63) is 0 Å². The van der Waals surface area contributed by atoms with Crippen LogP contribution in [0.1, 0.15) is 402 Å². The van der Waals surface area contributed by atoms with Crippen LogP contribution in [-0.4, -0.2) is 96.7 Å². The Labute approximate surface area is 600 Å². The van der Waals surface area contributed by atoms with Crippen LogP contribution in [0.4, 0.5) is 0 Å². The average Bonchev–Trinajstić information content (AvgIpc) is 0.999. The lowest BCUT2D eigenvalue weighted by molar-refractivity contribution is -0.161. The Morgan fingerprint density at radius 2 is 0.490 bits per heavy atom. The van der Waals surface area contributed by atoms with E-state index in [2.05, 4.69) is 55.4 Å². The molecule has 0 aromatic heterocycles. The van der Waals surface area contributed by atoms with E-state index >= 15 is 0 Å². The van der Waals surface area contributed by atoms with Crippen LogP contribution < -0.4 is 0 Å². The van der Waals surface area contributed by atoms with Crippen molar-refractivity contribution in [1.29, 1.82) is 0 Å². The zero-order valence-electron chi connectivity index (χ0n) is 64.4. The quantitative estimate of drug-likeness (QED) is 0.0222. The summed E-state index contributed by atoms with van der Waals surface area (Å²) in [5, 5.41) is 10.6. The van der Waals surface area contributed by atoms with Gasteiger partial charge in [-0.15, -0.1) is 0 Å². The fourth-order valence-corrected chi connectivity index (χ4v) is 13.6. The van der Waals surface area contributed by atoms with E-state index in [0.29, 0.717) is 25.7 Å². The highest BCUT2D eigenvalue weighted by molar-refractivity contribution is 7.47. The van der Waals surface area contributed by atoms with E-state index < -0.39 is 97.5 Å². The molecule has 0 aromatic carbocycles. The summed E-state index contributed by atoms with van der Waals surface area (Å²) in [5.74, 6) is 0.956. The number of aliphatic hydroxyl groups excluding tert-OH is 1. The molecule has 0 aromatic rings. The van der Waals surface area contributed by atoms with Gasteiger partial charge in [-0.25, -0.2) is 9.13 Å². The van der Waals surface area contributed by atoms with Crippen LogP contribution >= 0.6 is 15.6 Å². The van der Waals surface area contributed by atoms with Crippen molar-refractivity contribution in [2.75, 3.05) is 39.6 Å². The summed E-state index contributed by atoms with van der Waals surface area (Å²) >= 11 is 0. The van der Waals surface area contributed by atoms with E-state index in [9.17, 15) is 43.2 Å². The third-order valence-electron chi connectivity index (χ3n) is 18.7. The molecular formula is C79H154O17P2. The largest absolute Gasteiger partial charge is 0.472 e. The summed E-state index contributed by atoms with van der Waals surface area (Å²) in [6.45, 7) is 14.2. The van der Waals surface area contributed by atoms with Gasteiger partial charge in [-0.2, -0.15) is 0 Å². The molecule has 582 valence electrons. The number of carbonyl (C=O) groups excluding carboxylic acids is 4. The van der Waals surface area contributed by atoms with Gasteiger partial charge in [0.1, 0.15) is 19.3 Å². The molecule has 0 bridgehead atoms. The molecule has 0 amide bonds. The van der Waals surface area contributed by atoms with E-state index in [4.69, 9.17) is 37.0 Å². The van der Waals surface area contributed by atoms with Gasteiger partial charge in [-0.05, 0) is 49.4 Å². The highest BCUT2D eigenvalue weighted by Gasteiger charge is 2.30. The van der Waals surface area contributed by atoms with Crippen LogP contribution in [0, 0.1) is 23.7 Å². The zero-order valence-corrected chi connectivity index (χ0v) is 66.2. The van der Waals surface area contributed by atoms with Gasteiger partial charge in [0.15, 0.2) is 12.2 Å². The molecular weight excluding hydrogens is 1280 g/mol. The molecule has 0 radical (unpaired) electrons. The first-order valence-corrected chi connectivity index (χ1v) is 43.7. The summed E-state index contributed by atoms with van der Waals surface area (Å²) in [5.41, 5.74) is 0. The minimum absolute atomic E-state index is 0.105. The molecule has 0 aliphatic carbocycles. The predicted molar refractivity (Wildman–Crippen MR) is 400 cm³/mol. The molecule has 3 unspecified atom stereocenters. The number of rotatable bonds is 76. The van der Waals surface area contributed by atoms with Crippen LogP contribution in [0.2, 0.25) is 0 Å². The molecule has 0 heterocycles. The van der Waals surface area contributed by atoms with Gasteiger partial charge >= 0.3 is 39.5 Å². The molecule has 0 aliphatic rings. The molecule has 0 fully saturated rings. The molecule has 0 aliphatic heterocycles. The number of carbonyl (C=O) groups is 4. The van der Waals surface area contributed by atoms with Crippen LogP contribution in [0.25, 0.3) is 0 Å². The van der Waals surface area contributed by atoms with Crippen LogP contribution in [0.15, 0.2) is 0 Å². The Kier molecular flexibility index (Phi) is 66.8. The molecule has 0 spiro atoms. The summed E-state index contributed by atoms with van der Waals surface area (Å²) in [6, 6.07) is 0. The Balaban J connectivity index is 5.22. The number of hydrogen-bond donors (Lipinski definition) is 3. The first-order chi connectivity index (χ1) is 47.1. The van der Waals surface area contributed by atoms with Crippen molar-refractivity contribution >= 4 is 39.5 Å². The summed E-state index contributed by atoms with van der Waals surface area (Å²) < 4.78 is 68.6. The van der Waals surface area contributed by atoms with Gasteiger partial charge in [0.25, 0.3) is 0 Å². The third kappa shape index (κ3) is 71.1. The Hall–Kier alpha value is -1.94. The number of unbranched alkanes of at least 4 members (excludes halogenated alkanes) is 41. The average molecular weight is 1440 g/mol. The lowest BCUT2D eigenvalue weighted by atomic mass is 10.00. The minimum Gasteiger partial charge on any atom is -0.462 e. The van der Waals surface area contributed by atoms with Crippen LogP contribution in [0.3, 0.4) is 0 Å². The van der Waals surface area contributed by atoms with Crippen molar-refractivity contribution in [2.24, 2.45) is 23.7 Å². The highest BCUT2D eigenvalue weighted by atomic mass is 31.2. The number of esters is 4. The maximum absolute atomic E-state index is 13.1. The highest BCUT2D eigenvalue weighted by Crippen LogP contribution is 2.45. The molecule has 98 heavy (non-hydrogen) atoms. The minimum atomic E-state index is -4.96. The summed E-state index contributed by atoms with van der Waals surface area (Å²) in [4.78, 5) is 72.9. The van der Waals surface area contributed by atoms with Gasteiger partial charge in [0, 0.05) is 25.7 Å². The topological polar surface area (TPSA) is 237 Å². The second-order valence-corrected chi connectivity index (χ2v) is 33.0. The second-order valence-electron chi connectivity index (χ2n) is 30.1. The number of phosphoric acid groups is 2. The Morgan fingerprint density at radius 3 is 0.724 bits per heavy atom. The van der Waals surface area contributed by atoms with Gasteiger partial charge < -0.3 is 33.8 Å². The first-order valence-electron chi connectivity index (χ1n) is 40.7. The fraction of sp³-hybridized carbons (Fsp3) is 0.949. The number of ether oxygens (including phenoxy) is 4. The standard InChI is InChI=1S/C79H154O17P2/c1-9-72(8)58-50-42-37-38-44-52-60-77(82)90-66-75(96-79(84)62-54-46-36-30-24-23-27-33-41-49-57-71(6)7)68-94-98(87,88)92-64-73(80)63-91-97(85,86)93-67-74(65-89-76(81)59-51-43-34-28-22-18-20-26-32-40-48-56-70(4)5)95-78(83)61-53-45-35-29-21-17-15-13-11-10-12-14-16-19-25-31-39-47-55-69(2)3/h69-75,80H,9-68H2,1-8H3,(H,85,86)(H,87,88)/t72?,73-,74-,75-/m1/s1. The van der Waals surface area contributed by atoms with Crippen molar-refractivity contribution in [3.63, 3.8) is 0 Å². The monoisotopic (exact) mass is 1440 g/mol. The van der Waals surface area contributed by atoms with Gasteiger partial charge in [-0.1, -0.05) is 351 Å². The maximum Gasteiger partial charge on any atom is 0.472 e. The smallest absolute Gasteiger partial charge is 0.462 e. The lowest BCUT2D eigenvalue weighted by Crippen LogP contribution is -2.30. The van der Waals surface area contributed by atoms with Crippen LogP contribution in [-0.2, 0) is 65.4 Å². The number of phosphoric ester groups is 2. The summed E-state index contributed by atoms with van der Waals surface area (Å²) in [7, 11) is -9.92. The third-order valence-corrected chi connectivity index (χ3v) is 20.6. The molecule has 3 N–H and O–H groups in total. The van der Waals surface area contributed by atoms with E-state index in [1.165, 1.54) is 199 Å². The van der Waals surface area contributed by atoms with Gasteiger partial charge in [0.2, 0.25) is 0 Å². The summed E-state index contributed by atoms with van der Waals surface area (Å²) in [6.07, 6.45) is 54.2.